The molecule has 0 bridgehead atoms. The van der Waals surface area contributed by atoms with Crippen LogP contribution in [0.25, 0.3) is 0 Å². The van der Waals surface area contributed by atoms with Gasteiger partial charge in [-0.1, -0.05) is 60.7 Å². The topological polar surface area (TPSA) is 188 Å². The number of nitrogens with one attached hydrogen (secondary N) is 3. The first-order valence-electron chi connectivity index (χ1n) is 11.3. The van der Waals surface area contributed by atoms with Gasteiger partial charge in [0.2, 0.25) is 17.7 Å². The first kappa shape index (κ1) is 28.0. The van der Waals surface area contributed by atoms with E-state index in [0.29, 0.717) is 11.1 Å². The predicted molar refractivity (Wildman–Crippen MR) is 130 cm³/mol. The first-order valence-corrected chi connectivity index (χ1v) is 11.3. The van der Waals surface area contributed by atoms with E-state index in [1.54, 1.807) is 60.7 Å². The lowest BCUT2D eigenvalue weighted by Crippen LogP contribution is -2.57. The molecule has 4 atom stereocenters. The highest BCUT2D eigenvalue weighted by Gasteiger charge is 2.29. The Morgan fingerprint density at radius 1 is 0.722 bits per heavy atom. The Labute approximate surface area is 208 Å². The van der Waals surface area contributed by atoms with Gasteiger partial charge in [-0.05, 0) is 18.1 Å². The van der Waals surface area contributed by atoms with Crippen molar-refractivity contribution >= 4 is 29.7 Å². The minimum absolute atomic E-state index is 0.0523. The summed E-state index contributed by atoms with van der Waals surface area (Å²) < 4.78 is 0. The highest BCUT2D eigenvalue weighted by Crippen LogP contribution is 2.06. The number of aliphatic carboxylic acids is 2. The lowest BCUT2D eigenvalue weighted by Gasteiger charge is -2.23. The number of benzene rings is 2. The summed E-state index contributed by atoms with van der Waals surface area (Å²) in [5.41, 5.74) is 7.03. The molecule has 3 amide bonds. The minimum atomic E-state index is -1.37. The number of rotatable bonds is 13. The van der Waals surface area contributed by atoms with Gasteiger partial charge in [0.25, 0.3) is 0 Å². The average Bonchev–Trinajstić information content (AvgIpc) is 2.83. The fraction of sp³-hybridized carbons (Fsp3) is 0.320. The van der Waals surface area contributed by atoms with E-state index in [0.717, 1.165) is 0 Å². The number of carbonyl (C=O) groups excluding carboxylic acids is 3. The van der Waals surface area contributed by atoms with Crippen molar-refractivity contribution in [1.29, 1.82) is 0 Å². The molecule has 192 valence electrons. The van der Waals surface area contributed by atoms with Crippen LogP contribution in [0.3, 0.4) is 0 Å². The van der Waals surface area contributed by atoms with E-state index >= 15 is 0 Å². The van der Waals surface area contributed by atoms with Crippen molar-refractivity contribution in [2.24, 2.45) is 5.73 Å². The van der Waals surface area contributed by atoms with Crippen LogP contribution in [0.4, 0.5) is 0 Å². The van der Waals surface area contributed by atoms with Gasteiger partial charge in [-0.25, -0.2) is 4.79 Å². The van der Waals surface area contributed by atoms with E-state index in [2.05, 4.69) is 16.0 Å². The Kier molecular flexibility index (Phi) is 10.6. The van der Waals surface area contributed by atoms with Crippen molar-refractivity contribution in [3.05, 3.63) is 71.8 Å². The van der Waals surface area contributed by atoms with Crippen LogP contribution in [0.1, 0.15) is 24.5 Å². The van der Waals surface area contributed by atoms with Crippen LogP contribution in [0.2, 0.25) is 0 Å². The average molecular weight is 499 g/mol. The number of carboxylic acids is 2. The summed E-state index contributed by atoms with van der Waals surface area (Å²) in [4.78, 5) is 60.5. The summed E-state index contributed by atoms with van der Waals surface area (Å²) in [5.74, 6) is -4.77. The molecule has 11 nitrogen and oxygen atoms in total. The van der Waals surface area contributed by atoms with Crippen LogP contribution in [-0.2, 0) is 36.8 Å². The molecule has 2 aromatic rings. The predicted octanol–water partition coefficient (Wildman–Crippen LogP) is -0.167. The molecule has 0 spiro atoms. The maximum atomic E-state index is 13.0. The second-order valence-electron chi connectivity index (χ2n) is 8.27. The van der Waals surface area contributed by atoms with Crippen LogP contribution in [0.15, 0.2) is 60.7 Å². The minimum Gasteiger partial charge on any atom is -0.481 e. The lowest BCUT2D eigenvalue weighted by molar-refractivity contribution is -0.142. The number of carbonyl (C=O) groups is 5. The van der Waals surface area contributed by atoms with Gasteiger partial charge in [-0.15, -0.1) is 0 Å². The molecule has 2 aromatic carbocycles. The van der Waals surface area contributed by atoms with E-state index in [1.165, 1.54) is 6.92 Å². The Bertz CT molecular complexity index is 1060. The Morgan fingerprint density at radius 3 is 1.67 bits per heavy atom. The zero-order chi connectivity index (χ0) is 26.7. The molecular formula is C25H30N4O7. The third-order valence-electron chi connectivity index (χ3n) is 5.30. The zero-order valence-electron chi connectivity index (χ0n) is 19.7. The molecule has 0 heterocycles. The Balaban J connectivity index is 2.07. The van der Waals surface area contributed by atoms with Crippen LogP contribution in [0, 0.1) is 0 Å². The summed E-state index contributed by atoms with van der Waals surface area (Å²) in [7, 11) is 0. The number of carboxylic acid groups (broad SMARTS) is 2. The molecule has 0 radical (unpaired) electrons. The Morgan fingerprint density at radius 2 is 1.19 bits per heavy atom. The zero-order valence-corrected chi connectivity index (χ0v) is 19.7. The molecule has 0 aliphatic heterocycles. The smallest absolute Gasteiger partial charge is 0.326 e. The van der Waals surface area contributed by atoms with Crippen molar-refractivity contribution in [2.45, 2.75) is 50.4 Å². The van der Waals surface area contributed by atoms with E-state index in [-0.39, 0.29) is 12.8 Å². The molecule has 11 heteroatoms. The van der Waals surface area contributed by atoms with Crippen LogP contribution in [0.5, 0.6) is 0 Å². The van der Waals surface area contributed by atoms with Gasteiger partial charge in [0.1, 0.15) is 18.1 Å². The molecule has 2 rings (SSSR count). The van der Waals surface area contributed by atoms with Crippen molar-refractivity contribution in [1.82, 2.24) is 16.0 Å². The second-order valence-corrected chi connectivity index (χ2v) is 8.27. The standard InChI is InChI=1S/C25H30N4O7/c1-15(22(32)29-20(25(35)36)13-17-10-6-3-7-11-17)27-24(34)19(12-16-8-4-2-5-9-16)28-23(33)18(26)14-21(30)31/h2-11,15,18-20H,12-14,26H2,1H3,(H,27,34)(H,28,33)(H,29,32)(H,30,31)(H,35,36). The van der Waals surface area contributed by atoms with Gasteiger partial charge in [0.05, 0.1) is 12.5 Å². The molecule has 0 aromatic heterocycles. The van der Waals surface area contributed by atoms with Gasteiger partial charge < -0.3 is 31.9 Å². The second kappa shape index (κ2) is 13.6. The molecule has 0 aliphatic rings. The number of amides is 3. The maximum Gasteiger partial charge on any atom is 0.326 e. The maximum absolute atomic E-state index is 13.0. The first-order chi connectivity index (χ1) is 17.1. The molecule has 0 saturated heterocycles. The van der Waals surface area contributed by atoms with Crippen molar-refractivity contribution in [2.75, 3.05) is 0 Å². The van der Waals surface area contributed by atoms with Crippen LogP contribution in [-0.4, -0.2) is 64.0 Å². The largest absolute Gasteiger partial charge is 0.481 e. The molecule has 0 aliphatic carbocycles. The SMILES string of the molecule is CC(NC(=O)C(Cc1ccccc1)NC(=O)C(N)CC(=O)O)C(=O)NC(Cc1ccccc1)C(=O)O. The van der Waals surface area contributed by atoms with E-state index in [1.807, 2.05) is 0 Å². The van der Waals surface area contributed by atoms with Crippen molar-refractivity contribution < 1.29 is 34.2 Å². The third kappa shape index (κ3) is 9.18. The normalized spacial score (nSPS) is 13.9. The van der Waals surface area contributed by atoms with Crippen LogP contribution >= 0.6 is 0 Å². The number of hydrogen-bond acceptors (Lipinski definition) is 6. The third-order valence-corrected chi connectivity index (χ3v) is 5.30. The van der Waals surface area contributed by atoms with Gasteiger partial charge in [0, 0.05) is 12.8 Å². The number of nitrogens with two attached hydrogens (primary N) is 1. The molecule has 7 N–H and O–H groups in total. The summed E-state index contributed by atoms with van der Waals surface area (Å²) in [5, 5.41) is 25.7. The van der Waals surface area contributed by atoms with Gasteiger partial charge in [0.15, 0.2) is 0 Å². The molecular weight excluding hydrogens is 468 g/mol. The van der Waals surface area contributed by atoms with Gasteiger partial charge >= 0.3 is 11.9 Å². The fourth-order valence-corrected chi connectivity index (χ4v) is 3.34. The highest BCUT2D eigenvalue weighted by atomic mass is 16.4. The van der Waals surface area contributed by atoms with E-state index < -0.39 is 60.2 Å². The van der Waals surface area contributed by atoms with E-state index in [9.17, 15) is 29.1 Å². The molecule has 0 fully saturated rings. The highest BCUT2D eigenvalue weighted by molar-refractivity contribution is 5.94. The lowest BCUT2D eigenvalue weighted by atomic mass is 10.0. The summed E-state index contributed by atoms with van der Waals surface area (Å²) in [6.45, 7) is 1.38. The Hall–Kier alpha value is -4.25. The summed E-state index contributed by atoms with van der Waals surface area (Å²) in [6, 6.07) is 12.6. The van der Waals surface area contributed by atoms with E-state index in [4.69, 9.17) is 10.8 Å². The quantitative estimate of drug-likeness (QED) is 0.219. The summed E-state index contributed by atoms with van der Waals surface area (Å²) >= 11 is 0. The summed E-state index contributed by atoms with van der Waals surface area (Å²) in [6.07, 6.45) is -0.517. The monoisotopic (exact) mass is 498 g/mol. The van der Waals surface area contributed by atoms with Crippen molar-refractivity contribution in [3.8, 4) is 0 Å². The fourth-order valence-electron chi connectivity index (χ4n) is 3.34. The van der Waals surface area contributed by atoms with Crippen LogP contribution < -0.4 is 21.7 Å². The molecule has 36 heavy (non-hydrogen) atoms. The van der Waals surface area contributed by atoms with Crippen molar-refractivity contribution in [3.63, 3.8) is 0 Å². The molecule has 4 unspecified atom stereocenters. The van der Waals surface area contributed by atoms with Gasteiger partial charge in [-0.2, -0.15) is 0 Å². The van der Waals surface area contributed by atoms with Gasteiger partial charge in [-0.3, -0.25) is 19.2 Å². The number of hydrogen-bond donors (Lipinski definition) is 6. The molecule has 0 saturated carbocycles.